The third-order valence-corrected chi connectivity index (χ3v) is 4.66. The molecule has 1 N–H and O–H groups in total. The Bertz CT molecular complexity index is 781. The van der Waals surface area contributed by atoms with Gasteiger partial charge in [-0.15, -0.1) is 11.3 Å². The van der Waals surface area contributed by atoms with Crippen LogP contribution in [0.5, 0.6) is 0 Å². The van der Waals surface area contributed by atoms with Crippen LogP contribution in [0.1, 0.15) is 20.8 Å². The minimum Gasteiger partial charge on any atom is -0.268 e. The molecule has 1 aromatic carbocycles. The summed E-state index contributed by atoms with van der Waals surface area (Å²) in [7, 11) is -3.84. The molecule has 0 unspecified atom stereocenters. The van der Waals surface area contributed by atoms with E-state index < -0.39 is 15.9 Å². The zero-order chi connectivity index (χ0) is 15.5. The lowest BCUT2D eigenvalue weighted by atomic mass is 10.1. The molecule has 2 aromatic rings. The summed E-state index contributed by atoms with van der Waals surface area (Å²) >= 11 is 7.21. The minimum absolute atomic E-state index is 0.271. The largest absolute Gasteiger partial charge is 0.268 e. The maximum Gasteiger partial charge on any atom is 0.265 e. The van der Waals surface area contributed by atoms with Crippen LogP contribution in [0.25, 0.3) is 6.08 Å². The van der Waals surface area contributed by atoms with Crippen molar-refractivity contribution in [2.24, 2.45) is 0 Å². The fourth-order valence-corrected chi connectivity index (χ4v) is 3.34. The Labute approximate surface area is 132 Å². The van der Waals surface area contributed by atoms with Crippen LogP contribution in [0.4, 0.5) is 0 Å². The molecule has 2 rings (SSSR count). The molecule has 0 saturated heterocycles. The summed E-state index contributed by atoms with van der Waals surface area (Å²) in [6.07, 6.45) is 1.44. The lowest BCUT2D eigenvalue weighted by Gasteiger charge is -2.06. The molecule has 0 radical (unpaired) electrons. The molecule has 0 fully saturated rings. The number of hydrogen-bond acceptors (Lipinski definition) is 4. The molecule has 0 aliphatic carbocycles. The molecule has 1 amide bonds. The zero-order valence-corrected chi connectivity index (χ0v) is 13.4. The average molecular weight is 342 g/mol. The normalized spacial score (nSPS) is 11.7. The predicted octanol–water partition coefficient (Wildman–Crippen LogP) is 3.44. The van der Waals surface area contributed by atoms with E-state index in [1.54, 1.807) is 19.1 Å². The van der Waals surface area contributed by atoms with Gasteiger partial charge in [-0.1, -0.05) is 17.7 Å². The van der Waals surface area contributed by atoms with Gasteiger partial charge in [-0.05, 0) is 48.2 Å². The third-order valence-electron chi connectivity index (χ3n) is 2.62. The van der Waals surface area contributed by atoms with E-state index in [0.717, 1.165) is 10.3 Å². The van der Waals surface area contributed by atoms with E-state index in [-0.39, 0.29) is 5.56 Å². The van der Waals surface area contributed by atoms with Crippen LogP contribution >= 0.6 is 22.9 Å². The molecule has 0 spiro atoms. The Hall–Kier alpha value is -1.63. The highest BCUT2D eigenvalue weighted by Gasteiger charge is 2.15. The van der Waals surface area contributed by atoms with Crippen molar-refractivity contribution in [1.29, 1.82) is 0 Å². The number of carbonyl (C=O) groups excluding carboxylic acids is 1. The second-order valence-electron chi connectivity index (χ2n) is 4.25. The van der Waals surface area contributed by atoms with Crippen LogP contribution < -0.4 is 4.72 Å². The monoisotopic (exact) mass is 341 g/mol. The number of nitrogens with one attached hydrogen (secondary N) is 1. The van der Waals surface area contributed by atoms with Gasteiger partial charge in [0.1, 0.15) is 0 Å². The summed E-state index contributed by atoms with van der Waals surface area (Å²) in [5.74, 6) is -0.681. The van der Waals surface area contributed by atoms with Crippen molar-refractivity contribution < 1.29 is 13.2 Å². The fraction of sp³-hybridized carbons (Fsp3) is 0.0714. The zero-order valence-electron chi connectivity index (χ0n) is 11.0. The molecule has 1 heterocycles. The number of carbonyl (C=O) groups is 1. The van der Waals surface area contributed by atoms with Crippen molar-refractivity contribution >= 4 is 44.9 Å². The molecule has 0 atom stereocenters. The van der Waals surface area contributed by atoms with Gasteiger partial charge in [0.25, 0.3) is 15.9 Å². The topological polar surface area (TPSA) is 63.2 Å². The summed E-state index contributed by atoms with van der Waals surface area (Å²) in [6, 6.07) is 8.22. The molecule has 0 saturated carbocycles. The second kappa shape index (κ2) is 6.43. The van der Waals surface area contributed by atoms with E-state index in [2.05, 4.69) is 0 Å². The van der Waals surface area contributed by atoms with E-state index in [0.29, 0.717) is 10.6 Å². The molecule has 21 heavy (non-hydrogen) atoms. The number of halogens is 1. The summed E-state index contributed by atoms with van der Waals surface area (Å²) in [6.45, 7) is 1.69. The van der Waals surface area contributed by atoms with Gasteiger partial charge >= 0.3 is 0 Å². The SMILES string of the molecule is Cc1cc(Cl)ccc1C(=O)NS(=O)(=O)C=Cc1cccs1. The number of thiophene rings is 1. The van der Waals surface area contributed by atoms with Crippen molar-refractivity contribution in [3.8, 4) is 0 Å². The van der Waals surface area contributed by atoms with Crippen LogP contribution in [-0.2, 0) is 10.0 Å². The highest BCUT2D eigenvalue weighted by atomic mass is 35.5. The smallest absolute Gasteiger partial charge is 0.265 e. The first kappa shape index (κ1) is 15.8. The highest BCUT2D eigenvalue weighted by molar-refractivity contribution is 7.93. The van der Waals surface area contributed by atoms with E-state index in [4.69, 9.17) is 11.6 Å². The number of hydrogen-bond donors (Lipinski definition) is 1. The molecule has 0 aliphatic heterocycles. The van der Waals surface area contributed by atoms with Gasteiger partial charge < -0.3 is 0 Å². The van der Waals surface area contributed by atoms with E-state index in [9.17, 15) is 13.2 Å². The van der Waals surface area contributed by atoms with Crippen molar-refractivity contribution in [2.75, 3.05) is 0 Å². The van der Waals surface area contributed by atoms with Gasteiger partial charge in [0, 0.05) is 15.5 Å². The van der Waals surface area contributed by atoms with Crippen molar-refractivity contribution in [1.82, 2.24) is 4.72 Å². The lowest BCUT2D eigenvalue weighted by Crippen LogP contribution is -2.29. The van der Waals surface area contributed by atoms with Crippen LogP contribution in [-0.4, -0.2) is 14.3 Å². The summed E-state index contributed by atoms with van der Waals surface area (Å²) in [4.78, 5) is 12.8. The van der Waals surface area contributed by atoms with Crippen LogP contribution in [0, 0.1) is 6.92 Å². The Morgan fingerprint density at radius 3 is 2.71 bits per heavy atom. The van der Waals surface area contributed by atoms with Gasteiger partial charge in [0.15, 0.2) is 0 Å². The first-order valence-corrected chi connectivity index (χ1v) is 8.73. The summed E-state index contributed by atoms with van der Waals surface area (Å²) in [5, 5.41) is 3.30. The number of sulfonamides is 1. The second-order valence-corrected chi connectivity index (χ2v) is 7.24. The molecular formula is C14H12ClNO3S2. The van der Waals surface area contributed by atoms with Crippen molar-refractivity contribution in [2.45, 2.75) is 6.92 Å². The van der Waals surface area contributed by atoms with E-state index in [1.807, 2.05) is 16.2 Å². The fourth-order valence-electron chi connectivity index (χ4n) is 1.64. The molecular weight excluding hydrogens is 330 g/mol. The Kier molecular flexibility index (Phi) is 4.82. The number of aryl methyl sites for hydroxylation is 1. The lowest BCUT2D eigenvalue weighted by molar-refractivity contribution is 0.0981. The van der Waals surface area contributed by atoms with Crippen molar-refractivity contribution in [3.63, 3.8) is 0 Å². The number of benzene rings is 1. The van der Waals surface area contributed by atoms with Gasteiger partial charge in [-0.25, -0.2) is 13.1 Å². The van der Waals surface area contributed by atoms with Crippen LogP contribution in [0.2, 0.25) is 5.02 Å². The standard InChI is InChI=1S/C14H12ClNO3S2/c1-10-9-11(15)4-5-13(10)14(17)16-21(18,19)8-6-12-3-2-7-20-12/h2-9H,1H3,(H,16,17). The Morgan fingerprint density at radius 1 is 1.33 bits per heavy atom. The quantitative estimate of drug-likeness (QED) is 0.926. The minimum atomic E-state index is -3.84. The highest BCUT2D eigenvalue weighted by Crippen LogP contribution is 2.16. The third kappa shape index (κ3) is 4.42. The van der Waals surface area contributed by atoms with Gasteiger partial charge in [0.2, 0.25) is 0 Å². The molecule has 7 heteroatoms. The number of rotatable bonds is 4. The average Bonchev–Trinajstić information content (AvgIpc) is 2.88. The molecule has 1 aromatic heterocycles. The maximum absolute atomic E-state index is 12.0. The van der Waals surface area contributed by atoms with Gasteiger partial charge in [-0.3, -0.25) is 4.79 Å². The van der Waals surface area contributed by atoms with E-state index in [1.165, 1.54) is 29.5 Å². The molecule has 110 valence electrons. The molecule has 0 bridgehead atoms. The van der Waals surface area contributed by atoms with Gasteiger partial charge in [-0.2, -0.15) is 0 Å². The van der Waals surface area contributed by atoms with Crippen LogP contribution in [0.3, 0.4) is 0 Å². The molecule has 4 nitrogen and oxygen atoms in total. The number of amides is 1. The first-order valence-electron chi connectivity index (χ1n) is 5.92. The Balaban J connectivity index is 2.14. The van der Waals surface area contributed by atoms with E-state index >= 15 is 0 Å². The summed E-state index contributed by atoms with van der Waals surface area (Å²) < 4.78 is 25.7. The Morgan fingerprint density at radius 2 is 2.10 bits per heavy atom. The molecule has 0 aliphatic rings. The first-order chi connectivity index (χ1) is 9.87. The summed E-state index contributed by atoms with van der Waals surface area (Å²) in [5.41, 5.74) is 0.880. The predicted molar refractivity (Wildman–Crippen MR) is 85.9 cm³/mol. The van der Waals surface area contributed by atoms with Gasteiger partial charge in [0.05, 0.1) is 5.41 Å². The van der Waals surface area contributed by atoms with Crippen molar-refractivity contribution in [3.05, 3.63) is 62.1 Å². The maximum atomic E-state index is 12.0. The van der Waals surface area contributed by atoms with Crippen LogP contribution in [0.15, 0.2) is 41.1 Å².